The summed E-state index contributed by atoms with van der Waals surface area (Å²) in [6.07, 6.45) is 0. The van der Waals surface area contributed by atoms with Crippen molar-refractivity contribution in [1.82, 2.24) is 4.98 Å². The Bertz CT molecular complexity index is 544. The number of benzene rings is 1. The number of fused-ring (bicyclic) bond motifs is 1. The van der Waals surface area contributed by atoms with Crippen LogP contribution in [0.2, 0.25) is 0 Å². The van der Waals surface area contributed by atoms with Gasteiger partial charge in [0, 0.05) is 15.6 Å². The van der Waals surface area contributed by atoms with E-state index in [9.17, 15) is 0 Å². The van der Waals surface area contributed by atoms with Crippen LogP contribution in [0.1, 0.15) is 64.6 Å². The van der Waals surface area contributed by atoms with Gasteiger partial charge in [-0.2, -0.15) is 0 Å². The third-order valence-corrected chi connectivity index (χ3v) is 3.53. The zero-order valence-electron chi connectivity index (χ0n) is 12.8. The molecule has 0 amide bonds. The average Bonchev–Trinajstić information content (AvgIpc) is 2.39. The van der Waals surface area contributed by atoms with Gasteiger partial charge in [-0.05, 0) is 41.7 Å². The van der Waals surface area contributed by atoms with Crippen LogP contribution in [0.4, 0.5) is 0 Å². The van der Waals surface area contributed by atoms with E-state index in [1.807, 2.05) is 13.8 Å². The third kappa shape index (κ3) is 3.79. The summed E-state index contributed by atoms with van der Waals surface area (Å²) in [4.78, 5) is 4.74. The summed E-state index contributed by atoms with van der Waals surface area (Å²) in [7, 11) is 0. The molecule has 104 valence electrons. The number of rotatable bonds is 2. The summed E-state index contributed by atoms with van der Waals surface area (Å²) in [5.74, 6) is 0.993. The summed E-state index contributed by atoms with van der Waals surface area (Å²) < 4.78 is 1.12. The van der Waals surface area contributed by atoms with Crippen molar-refractivity contribution in [2.24, 2.45) is 0 Å². The Morgan fingerprint density at radius 1 is 0.947 bits per heavy atom. The van der Waals surface area contributed by atoms with Gasteiger partial charge in [-0.3, -0.25) is 4.98 Å². The molecule has 0 N–H and O–H groups in total. The lowest BCUT2D eigenvalue weighted by molar-refractivity contribution is 0.811. The monoisotopic (exact) mass is 321 g/mol. The van der Waals surface area contributed by atoms with E-state index < -0.39 is 0 Å². The maximum absolute atomic E-state index is 4.74. The van der Waals surface area contributed by atoms with Gasteiger partial charge < -0.3 is 0 Å². The van der Waals surface area contributed by atoms with Crippen LogP contribution in [0.25, 0.3) is 10.9 Å². The molecule has 1 nitrogen and oxygen atoms in total. The summed E-state index contributed by atoms with van der Waals surface area (Å²) in [5, 5.41) is 1.26. The van der Waals surface area contributed by atoms with E-state index in [0.29, 0.717) is 11.8 Å². The van der Waals surface area contributed by atoms with Crippen molar-refractivity contribution in [2.45, 2.75) is 53.4 Å². The minimum atomic E-state index is 0.473. The largest absolute Gasteiger partial charge is 0.253 e. The van der Waals surface area contributed by atoms with Gasteiger partial charge in [0.2, 0.25) is 0 Å². The van der Waals surface area contributed by atoms with E-state index in [1.54, 1.807) is 0 Å². The molecule has 2 aromatic rings. The lowest BCUT2D eigenvalue weighted by Gasteiger charge is -2.14. The molecule has 0 radical (unpaired) electrons. The van der Waals surface area contributed by atoms with Crippen molar-refractivity contribution in [1.29, 1.82) is 0 Å². The van der Waals surface area contributed by atoms with Gasteiger partial charge in [-0.15, -0.1) is 0 Å². The van der Waals surface area contributed by atoms with Gasteiger partial charge in [0.1, 0.15) is 0 Å². The summed E-state index contributed by atoms with van der Waals surface area (Å²) in [6.45, 7) is 12.9. The molecular weight excluding hydrogens is 298 g/mol. The minimum absolute atomic E-state index is 0.473. The number of hydrogen-bond donors (Lipinski definition) is 0. The fourth-order valence-corrected chi connectivity index (χ4v) is 2.38. The highest BCUT2D eigenvalue weighted by molar-refractivity contribution is 9.10. The number of halogens is 1. The normalized spacial score (nSPS) is 10.8. The first-order valence-corrected chi connectivity index (χ1v) is 7.88. The minimum Gasteiger partial charge on any atom is -0.253 e. The maximum Gasteiger partial charge on any atom is 0.0709 e. The Morgan fingerprint density at radius 3 is 2.11 bits per heavy atom. The zero-order chi connectivity index (χ0) is 14.6. The highest BCUT2D eigenvalue weighted by atomic mass is 79.9. The van der Waals surface area contributed by atoms with Crippen LogP contribution in [-0.4, -0.2) is 4.98 Å². The van der Waals surface area contributed by atoms with Gasteiger partial charge >= 0.3 is 0 Å². The van der Waals surface area contributed by atoms with Crippen molar-refractivity contribution in [3.63, 3.8) is 0 Å². The second-order valence-electron chi connectivity index (χ2n) is 5.11. The van der Waals surface area contributed by atoms with Crippen molar-refractivity contribution in [3.05, 3.63) is 40.0 Å². The van der Waals surface area contributed by atoms with Gasteiger partial charge in [0.15, 0.2) is 0 Å². The molecular formula is C17H24BrN. The van der Waals surface area contributed by atoms with Crippen LogP contribution < -0.4 is 0 Å². The van der Waals surface area contributed by atoms with Crippen LogP contribution in [0.5, 0.6) is 0 Å². The fraction of sp³-hybridized carbons (Fsp3) is 0.471. The molecule has 2 rings (SSSR count). The molecule has 0 saturated carbocycles. The number of nitrogens with zero attached hydrogens (tertiary/aromatic N) is 1. The predicted molar refractivity (Wildman–Crippen MR) is 89.0 cm³/mol. The van der Waals surface area contributed by atoms with Gasteiger partial charge in [0.25, 0.3) is 0 Å². The van der Waals surface area contributed by atoms with Gasteiger partial charge in [-0.25, -0.2) is 0 Å². The topological polar surface area (TPSA) is 12.9 Å². The Labute approximate surface area is 125 Å². The Morgan fingerprint density at radius 2 is 1.58 bits per heavy atom. The molecule has 1 aromatic carbocycles. The Hall–Kier alpha value is -0.890. The van der Waals surface area contributed by atoms with Crippen molar-refractivity contribution >= 4 is 26.8 Å². The smallest absolute Gasteiger partial charge is 0.0709 e. The Balaban J connectivity index is 0.000000861. The number of pyridine rings is 1. The van der Waals surface area contributed by atoms with E-state index in [0.717, 1.165) is 9.99 Å². The zero-order valence-corrected chi connectivity index (χ0v) is 14.4. The molecule has 0 unspecified atom stereocenters. The molecule has 1 aromatic heterocycles. The highest BCUT2D eigenvalue weighted by Gasteiger charge is 2.11. The quantitative estimate of drug-likeness (QED) is 0.635. The Kier molecular flexibility index (Phi) is 5.99. The molecule has 0 bridgehead atoms. The second-order valence-corrected chi connectivity index (χ2v) is 6.02. The van der Waals surface area contributed by atoms with Gasteiger partial charge in [0.05, 0.1) is 5.52 Å². The van der Waals surface area contributed by atoms with Crippen LogP contribution >= 0.6 is 15.9 Å². The highest BCUT2D eigenvalue weighted by Crippen LogP contribution is 2.29. The molecule has 0 atom stereocenters. The maximum atomic E-state index is 4.74. The van der Waals surface area contributed by atoms with E-state index in [-0.39, 0.29) is 0 Å². The molecule has 0 spiro atoms. The summed E-state index contributed by atoms with van der Waals surface area (Å²) in [6, 6.07) is 8.58. The van der Waals surface area contributed by atoms with E-state index >= 15 is 0 Å². The van der Waals surface area contributed by atoms with Crippen LogP contribution in [0, 0.1) is 0 Å². The number of aromatic nitrogens is 1. The lowest BCUT2D eigenvalue weighted by atomic mass is 9.95. The van der Waals surface area contributed by atoms with Crippen LogP contribution in [0.3, 0.4) is 0 Å². The molecule has 0 fully saturated rings. The van der Waals surface area contributed by atoms with E-state index in [1.165, 1.54) is 16.6 Å². The molecule has 2 heteroatoms. The standard InChI is InChI=1S/C15H18BrN.C2H6/c1-9(2)12-8-15(10(3)4)17-14-6-5-11(16)7-13(12)14;1-2/h5-10H,1-4H3;1-2H3. The first-order chi connectivity index (χ1) is 8.99. The summed E-state index contributed by atoms with van der Waals surface area (Å²) >= 11 is 3.54. The molecule has 19 heavy (non-hydrogen) atoms. The fourth-order valence-electron chi connectivity index (χ4n) is 2.02. The van der Waals surface area contributed by atoms with E-state index in [2.05, 4.69) is 67.9 Å². The summed E-state index contributed by atoms with van der Waals surface area (Å²) in [5.41, 5.74) is 3.67. The molecule has 0 aliphatic heterocycles. The third-order valence-electron chi connectivity index (χ3n) is 3.04. The first kappa shape index (κ1) is 16.2. The van der Waals surface area contributed by atoms with Crippen molar-refractivity contribution in [3.8, 4) is 0 Å². The molecule has 0 aliphatic rings. The average molecular weight is 322 g/mol. The molecule has 0 saturated heterocycles. The van der Waals surface area contributed by atoms with E-state index in [4.69, 9.17) is 4.98 Å². The van der Waals surface area contributed by atoms with Crippen molar-refractivity contribution in [2.75, 3.05) is 0 Å². The lowest BCUT2D eigenvalue weighted by Crippen LogP contribution is -1.99. The van der Waals surface area contributed by atoms with Crippen molar-refractivity contribution < 1.29 is 0 Å². The van der Waals surface area contributed by atoms with Crippen LogP contribution in [-0.2, 0) is 0 Å². The SMILES string of the molecule is CC.CC(C)c1cc(C(C)C)c2cc(Br)ccc2n1. The predicted octanol–water partition coefficient (Wildman–Crippen LogP) is 6.27. The van der Waals surface area contributed by atoms with Gasteiger partial charge in [-0.1, -0.05) is 57.5 Å². The molecule has 0 aliphatic carbocycles. The second kappa shape index (κ2) is 7.04. The molecule has 1 heterocycles. The van der Waals surface area contributed by atoms with Crippen LogP contribution in [0.15, 0.2) is 28.7 Å². The number of hydrogen-bond acceptors (Lipinski definition) is 1. The first-order valence-electron chi connectivity index (χ1n) is 7.09.